The molecule has 2 atom stereocenters. The zero-order valence-electron chi connectivity index (χ0n) is 19.5. The molecule has 0 radical (unpaired) electrons. The second-order valence-electron chi connectivity index (χ2n) is 8.28. The Morgan fingerprint density at radius 2 is 1.97 bits per heavy atom. The van der Waals surface area contributed by atoms with Crippen molar-refractivity contribution in [2.24, 2.45) is 4.99 Å². The Hall–Kier alpha value is -1.39. The summed E-state index contributed by atoms with van der Waals surface area (Å²) in [6.45, 7) is 7.77. The van der Waals surface area contributed by atoms with E-state index in [0.717, 1.165) is 71.0 Å². The number of rotatable bonds is 10. The second-order valence-corrected chi connectivity index (χ2v) is 8.28. The first-order chi connectivity index (χ1) is 15.2. The maximum Gasteiger partial charge on any atom is 0.305 e. The largest absolute Gasteiger partial charge is 0.466 e. The number of benzene rings is 1. The highest BCUT2D eigenvalue weighted by Crippen LogP contribution is 2.24. The number of ether oxygens (including phenoxy) is 2. The number of likely N-dealkylation sites (tertiary alicyclic amines) is 1. The van der Waals surface area contributed by atoms with Gasteiger partial charge >= 0.3 is 5.97 Å². The van der Waals surface area contributed by atoms with Gasteiger partial charge in [0, 0.05) is 46.2 Å². The zero-order chi connectivity index (χ0) is 21.9. The number of unbranched alkanes of at least 4 members (excludes halogenated alkanes) is 3. The van der Waals surface area contributed by atoms with Crippen LogP contribution in [0.3, 0.4) is 0 Å². The Bertz CT molecular complexity index is 704. The molecule has 2 aliphatic heterocycles. The predicted octanol–water partition coefficient (Wildman–Crippen LogP) is 3.28. The third-order valence-electron chi connectivity index (χ3n) is 6.05. The molecule has 0 aromatic heterocycles. The van der Waals surface area contributed by atoms with E-state index in [1.165, 1.54) is 5.56 Å². The third-order valence-corrected chi connectivity index (χ3v) is 6.05. The molecule has 1 N–H and O–H groups in total. The molecule has 7 nitrogen and oxygen atoms in total. The number of esters is 1. The van der Waals surface area contributed by atoms with Crippen LogP contribution in [0.4, 0.5) is 0 Å². The highest BCUT2D eigenvalue weighted by atomic mass is 127. The fourth-order valence-corrected chi connectivity index (χ4v) is 4.46. The van der Waals surface area contributed by atoms with Gasteiger partial charge in [0.25, 0.3) is 0 Å². The van der Waals surface area contributed by atoms with Crippen LogP contribution in [0.25, 0.3) is 0 Å². The molecule has 2 aliphatic rings. The highest BCUT2D eigenvalue weighted by molar-refractivity contribution is 14.0. The Kier molecular flexibility index (Phi) is 12.3. The molecular weight excluding hydrogens is 519 g/mol. The number of aliphatic imine (C=N–C) groups is 1. The number of carbonyl (C=O) groups excluding carboxylic acids is 1. The van der Waals surface area contributed by atoms with Crippen LogP contribution < -0.4 is 5.32 Å². The number of morpholine rings is 1. The second kappa shape index (κ2) is 14.7. The fourth-order valence-electron chi connectivity index (χ4n) is 4.46. The maximum absolute atomic E-state index is 11.4. The molecule has 1 aromatic rings. The molecule has 3 rings (SSSR count). The average molecular weight is 559 g/mol. The van der Waals surface area contributed by atoms with Crippen molar-refractivity contribution in [2.75, 3.05) is 46.4 Å². The fraction of sp³-hybridized carbons (Fsp3) is 0.667. The van der Waals surface area contributed by atoms with Crippen molar-refractivity contribution >= 4 is 35.9 Å². The van der Waals surface area contributed by atoms with E-state index in [2.05, 4.69) is 50.4 Å². The standard InChI is InChI=1S/C24H38N4O3.HI/c1-3-30-23(29)13-9-4-5-10-14-26-24(25-2)28-18-21-22(19-28)31-16-15-27(21)17-20-11-7-6-8-12-20;/h6-8,11-12,21-22H,3-5,9-10,13-19H2,1-2H3,(H,25,26);1H. The van der Waals surface area contributed by atoms with Crippen molar-refractivity contribution in [3.63, 3.8) is 0 Å². The predicted molar refractivity (Wildman–Crippen MR) is 138 cm³/mol. The van der Waals surface area contributed by atoms with Gasteiger partial charge < -0.3 is 19.7 Å². The number of nitrogens with zero attached hydrogens (tertiary/aromatic N) is 3. The highest BCUT2D eigenvalue weighted by Gasteiger charge is 2.41. The van der Waals surface area contributed by atoms with Crippen molar-refractivity contribution in [3.8, 4) is 0 Å². The molecule has 2 heterocycles. The lowest BCUT2D eigenvalue weighted by molar-refractivity contribution is -0.143. The van der Waals surface area contributed by atoms with Crippen molar-refractivity contribution < 1.29 is 14.3 Å². The molecule has 32 heavy (non-hydrogen) atoms. The summed E-state index contributed by atoms with van der Waals surface area (Å²) in [5, 5.41) is 3.52. The van der Waals surface area contributed by atoms with Crippen molar-refractivity contribution in [1.29, 1.82) is 0 Å². The summed E-state index contributed by atoms with van der Waals surface area (Å²) >= 11 is 0. The smallest absolute Gasteiger partial charge is 0.305 e. The third kappa shape index (κ3) is 8.19. The summed E-state index contributed by atoms with van der Waals surface area (Å²) in [7, 11) is 1.85. The normalized spacial score (nSPS) is 21.1. The minimum atomic E-state index is -0.0833. The number of halogens is 1. The molecule has 2 unspecified atom stereocenters. The van der Waals surface area contributed by atoms with Crippen LogP contribution in [-0.4, -0.2) is 80.3 Å². The molecule has 0 amide bonds. The van der Waals surface area contributed by atoms with Gasteiger partial charge in [-0.25, -0.2) is 0 Å². The van der Waals surface area contributed by atoms with Gasteiger partial charge in [-0.15, -0.1) is 24.0 Å². The summed E-state index contributed by atoms with van der Waals surface area (Å²) in [4.78, 5) is 20.8. The lowest BCUT2D eigenvalue weighted by atomic mass is 10.1. The van der Waals surface area contributed by atoms with Gasteiger partial charge in [-0.05, 0) is 25.3 Å². The molecule has 1 aromatic carbocycles. The van der Waals surface area contributed by atoms with Gasteiger partial charge in [-0.3, -0.25) is 14.7 Å². The Labute approximate surface area is 209 Å². The summed E-state index contributed by atoms with van der Waals surface area (Å²) in [6, 6.07) is 11.1. The number of nitrogens with one attached hydrogen (secondary N) is 1. The number of carbonyl (C=O) groups is 1. The van der Waals surface area contributed by atoms with E-state index in [1.54, 1.807) is 0 Å². The molecule has 2 fully saturated rings. The van der Waals surface area contributed by atoms with Crippen LogP contribution >= 0.6 is 24.0 Å². The van der Waals surface area contributed by atoms with E-state index in [-0.39, 0.29) is 36.0 Å². The molecule has 8 heteroatoms. The lowest BCUT2D eigenvalue weighted by Crippen LogP contribution is -2.50. The van der Waals surface area contributed by atoms with Crippen molar-refractivity contribution in [1.82, 2.24) is 15.1 Å². The first-order valence-corrected chi connectivity index (χ1v) is 11.7. The van der Waals surface area contributed by atoms with E-state index in [9.17, 15) is 4.79 Å². The topological polar surface area (TPSA) is 66.4 Å². The molecule has 0 saturated carbocycles. The lowest BCUT2D eigenvalue weighted by Gasteiger charge is -2.36. The van der Waals surface area contributed by atoms with E-state index in [0.29, 0.717) is 19.1 Å². The minimum absolute atomic E-state index is 0. The van der Waals surface area contributed by atoms with Gasteiger partial charge in [-0.1, -0.05) is 43.2 Å². The first kappa shape index (κ1) is 26.9. The van der Waals surface area contributed by atoms with E-state index in [1.807, 2.05) is 14.0 Å². The molecule has 0 spiro atoms. The summed E-state index contributed by atoms with van der Waals surface area (Å²) < 4.78 is 11.1. The monoisotopic (exact) mass is 558 g/mol. The Morgan fingerprint density at radius 1 is 1.19 bits per heavy atom. The number of hydrogen-bond acceptors (Lipinski definition) is 5. The number of guanidine groups is 1. The molecule has 2 saturated heterocycles. The van der Waals surface area contributed by atoms with Gasteiger partial charge in [0.15, 0.2) is 5.96 Å². The van der Waals surface area contributed by atoms with Crippen molar-refractivity contribution in [3.05, 3.63) is 35.9 Å². The quantitative estimate of drug-likeness (QED) is 0.156. The van der Waals surface area contributed by atoms with Crippen LogP contribution in [0.1, 0.15) is 44.6 Å². The van der Waals surface area contributed by atoms with Crippen LogP contribution in [-0.2, 0) is 20.8 Å². The van der Waals surface area contributed by atoms with E-state index < -0.39 is 0 Å². The van der Waals surface area contributed by atoms with Gasteiger partial charge in [-0.2, -0.15) is 0 Å². The summed E-state index contributed by atoms with van der Waals surface area (Å²) in [5.74, 6) is 0.879. The van der Waals surface area contributed by atoms with Crippen LogP contribution in [0.2, 0.25) is 0 Å². The maximum atomic E-state index is 11.4. The SMILES string of the molecule is CCOC(=O)CCCCCCNC(=NC)N1CC2OCCN(Cc3ccccc3)C2C1.I. The van der Waals surface area contributed by atoms with Crippen LogP contribution in [0.15, 0.2) is 35.3 Å². The van der Waals surface area contributed by atoms with Gasteiger partial charge in [0.2, 0.25) is 0 Å². The van der Waals surface area contributed by atoms with Gasteiger partial charge in [0.05, 0.1) is 25.4 Å². The summed E-state index contributed by atoms with van der Waals surface area (Å²) in [6.07, 6.45) is 4.88. The van der Waals surface area contributed by atoms with Crippen molar-refractivity contribution in [2.45, 2.75) is 57.7 Å². The minimum Gasteiger partial charge on any atom is -0.466 e. The molecule has 0 aliphatic carbocycles. The number of hydrogen-bond donors (Lipinski definition) is 1. The molecule has 180 valence electrons. The Morgan fingerprint density at radius 3 is 2.72 bits per heavy atom. The van der Waals surface area contributed by atoms with Crippen LogP contribution in [0, 0.1) is 0 Å². The average Bonchev–Trinajstić information content (AvgIpc) is 3.22. The van der Waals surface area contributed by atoms with Crippen LogP contribution in [0.5, 0.6) is 0 Å². The van der Waals surface area contributed by atoms with E-state index in [4.69, 9.17) is 9.47 Å². The molecular formula is C24H39IN4O3. The number of fused-ring (bicyclic) bond motifs is 1. The summed E-state index contributed by atoms with van der Waals surface area (Å²) in [5.41, 5.74) is 1.35. The zero-order valence-corrected chi connectivity index (χ0v) is 21.8. The molecule has 0 bridgehead atoms. The van der Waals surface area contributed by atoms with E-state index >= 15 is 0 Å². The van der Waals surface area contributed by atoms with Gasteiger partial charge in [0.1, 0.15) is 0 Å². The first-order valence-electron chi connectivity index (χ1n) is 11.7. The Balaban J connectivity index is 0.00000363.